The summed E-state index contributed by atoms with van der Waals surface area (Å²) in [5, 5.41) is 2.85. The van der Waals surface area contributed by atoms with Crippen molar-refractivity contribution in [3.8, 4) is 5.75 Å². The summed E-state index contributed by atoms with van der Waals surface area (Å²) in [6, 6.07) is 5.41. The monoisotopic (exact) mass is 354 g/mol. The minimum absolute atomic E-state index is 0.00734. The number of anilines is 1. The number of piperazine rings is 1. The van der Waals surface area contributed by atoms with Gasteiger partial charge in [0.2, 0.25) is 5.91 Å². The maximum atomic E-state index is 12.9. The van der Waals surface area contributed by atoms with Gasteiger partial charge < -0.3 is 10.1 Å². The van der Waals surface area contributed by atoms with Crippen LogP contribution in [-0.4, -0.2) is 31.0 Å². The molecule has 1 aliphatic rings. The second-order valence-corrected chi connectivity index (χ2v) is 5.96. The molecule has 0 aliphatic carbocycles. The predicted molar refractivity (Wildman–Crippen MR) is 84.5 cm³/mol. The van der Waals surface area contributed by atoms with Gasteiger partial charge in [0, 0.05) is 4.47 Å². The smallest absolute Gasteiger partial charge is 0.253 e. The number of halogens is 1. The first-order valence-electron chi connectivity index (χ1n) is 6.94. The number of amides is 2. The normalized spacial score (nSPS) is 17.6. The highest BCUT2D eigenvalue weighted by Gasteiger charge is 2.45. The van der Waals surface area contributed by atoms with E-state index in [1.807, 2.05) is 19.9 Å². The minimum Gasteiger partial charge on any atom is -0.495 e. The molecule has 2 rings (SSSR count). The molecule has 1 N–H and O–H groups in total. The predicted octanol–water partition coefficient (Wildman–Crippen LogP) is 2.48. The first kappa shape index (κ1) is 15.8. The summed E-state index contributed by atoms with van der Waals surface area (Å²) in [5.74, 6) is 0.325. The molecule has 6 heteroatoms. The van der Waals surface area contributed by atoms with Crippen LogP contribution < -0.4 is 15.0 Å². The van der Waals surface area contributed by atoms with Gasteiger partial charge in [0.05, 0.1) is 12.8 Å². The average Bonchev–Trinajstić information content (AvgIpc) is 2.49. The van der Waals surface area contributed by atoms with Crippen LogP contribution in [0.2, 0.25) is 0 Å². The van der Waals surface area contributed by atoms with Crippen molar-refractivity contribution in [2.24, 2.45) is 0 Å². The van der Waals surface area contributed by atoms with Gasteiger partial charge in [-0.05, 0) is 31.0 Å². The maximum absolute atomic E-state index is 12.9. The fourth-order valence-electron chi connectivity index (χ4n) is 2.63. The second-order valence-electron chi connectivity index (χ2n) is 5.04. The Balaban J connectivity index is 2.50. The lowest BCUT2D eigenvalue weighted by molar-refractivity contribution is -0.136. The van der Waals surface area contributed by atoms with Gasteiger partial charge in [-0.15, -0.1) is 0 Å². The lowest BCUT2D eigenvalue weighted by Crippen LogP contribution is -2.66. The zero-order valence-electron chi connectivity index (χ0n) is 12.4. The SMILES string of the molecule is CCC1(CC)NC(=O)CN(c2cc(Br)ccc2OC)C1=O. The molecule has 1 aliphatic heterocycles. The van der Waals surface area contributed by atoms with Crippen LogP contribution in [-0.2, 0) is 9.59 Å². The van der Waals surface area contributed by atoms with Crippen LogP contribution in [0.5, 0.6) is 5.75 Å². The van der Waals surface area contributed by atoms with Gasteiger partial charge in [0.15, 0.2) is 0 Å². The van der Waals surface area contributed by atoms with E-state index in [2.05, 4.69) is 21.2 Å². The van der Waals surface area contributed by atoms with Crippen LogP contribution in [0, 0.1) is 0 Å². The molecule has 1 aromatic rings. The van der Waals surface area contributed by atoms with Gasteiger partial charge in [0.25, 0.3) is 5.91 Å². The summed E-state index contributed by atoms with van der Waals surface area (Å²) in [6.45, 7) is 3.82. The highest BCUT2D eigenvalue weighted by molar-refractivity contribution is 9.10. The molecular formula is C15H19BrN2O3. The van der Waals surface area contributed by atoms with Gasteiger partial charge >= 0.3 is 0 Å². The lowest BCUT2D eigenvalue weighted by Gasteiger charge is -2.41. The van der Waals surface area contributed by atoms with E-state index in [9.17, 15) is 9.59 Å². The largest absolute Gasteiger partial charge is 0.495 e. The number of benzene rings is 1. The van der Waals surface area contributed by atoms with Crippen molar-refractivity contribution in [2.45, 2.75) is 32.2 Å². The molecule has 2 amide bonds. The standard InChI is InChI=1S/C15H19BrN2O3/c1-4-15(5-2)14(20)18(9-13(19)17-15)11-8-10(16)6-7-12(11)21-3/h6-8H,4-5,9H2,1-3H3,(H,17,19). The topological polar surface area (TPSA) is 58.6 Å². The first-order chi connectivity index (χ1) is 9.97. The van der Waals surface area contributed by atoms with E-state index in [0.29, 0.717) is 24.3 Å². The zero-order chi connectivity index (χ0) is 15.6. The van der Waals surface area contributed by atoms with Crippen LogP contribution in [0.25, 0.3) is 0 Å². The highest BCUT2D eigenvalue weighted by Crippen LogP contribution is 2.35. The first-order valence-corrected chi connectivity index (χ1v) is 7.73. The molecule has 0 radical (unpaired) electrons. The van der Waals surface area contributed by atoms with Crippen molar-refractivity contribution in [2.75, 3.05) is 18.6 Å². The molecule has 1 fully saturated rings. The summed E-state index contributed by atoms with van der Waals surface area (Å²) >= 11 is 3.40. The highest BCUT2D eigenvalue weighted by atomic mass is 79.9. The van der Waals surface area contributed by atoms with E-state index >= 15 is 0 Å². The zero-order valence-corrected chi connectivity index (χ0v) is 14.0. The second kappa shape index (κ2) is 6.05. The van der Waals surface area contributed by atoms with Crippen molar-refractivity contribution in [1.29, 1.82) is 0 Å². The van der Waals surface area contributed by atoms with E-state index in [0.717, 1.165) is 4.47 Å². The Kier molecular flexibility index (Phi) is 4.56. The van der Waals surface area contributed by atoms with E-state index in [1.165, 1.54) is 4.90 Å². The molecule has 0 saturated carbocycles. The molecule has 0 unspecified atom stereocenters. The number of rotatable bonds is 4. The van der Waals surface area contributed by atoms with Crippen LogP contribution in [0.1, 0.15) is 26.7 Å². The number of nitrogens with one attached hydrogen (secondary N) is 1. The Bertz CT molecular complexity index is 570. The van der Waals surface area contributed by atoms with Gasteiger partial charge in [-0.3, -0.25) is 14.5 Å². The number of nitrogens with zero attached hydrogens (tertiary/aromatic N) is 1. The lowest BCUT2D eigenvalue weighted by atomic mass is 9.88. The Morgan fingerprint density at radius 1 is 1.33 bits per heavy atom. The Labute approximate surface area is 132 Å². The molecule has 114 valence electrons. The number of ether oxygens (including phenoxy) is 1. The minimum atomic E-state index is -0.831. The van der Waals surface area contributed by atoms with Crippen molar-refractivity contribution < 1.29 is 14.3 Å². The van der Waals surface area contributed by atoms with E-state index < -0.39 is 5.54 Å². The summed E-state index contributed by atoms with van der Waals surface area (Å²) in [7, 11) is 1.55. The third-order valence-electron chi connectivity index (χ3n) is 3.97. The summed E-state index contributed by atoms with van der Waals surface area (Å²) in [5.41, 5.74) is -0.221. The number of methoxy groups -OCH3 is 1. The Morgan fingerprint density at radius 3 is 2.57 bits per heavy atom. The van der Waals surface area contributed by atoms with Crippen molar-refractivity contribution in [3.63, 3.8) is 0 Å². The molecule has 1 heterocycles. The van der Waals surface area contributed by atoms with Gasteiger partial charge in [-0.1, -0.05) is 29.8 Å². The maximum Gasteiger partial charge on any atom is 0.253 e. The molecular weight excluding hydrogens is 336 g/mol. The third kappa shape index (κ3) is 2.77. The fraction of sp³-hybridized carbons (Fsp3) is 0.467. The fourth-order valence-corrected chi connectivity index (χ4v) is 2.98. The summed E-state index contributed by atoms with van der Waals surface area (Å²) < 4.78 is 6.16. The molecule has 1 aromatic carbocycles. The summed E-state index contributed by atoms with van der Waals surface area (Å²) in [4.78, 5) is 26.4. The van der Waals surface area contributed by atoms with E-state index in [1.54, 1.807) is 19.2 Å². The van der Waals surface area contributed by atoms with Gasteiger partial charge in [-0.2, -0.15) is 0 Å². The number of hydrogen-bond acceptors (Lipinski definition) is 3. The Hall–Kier alpha value is -1.56. The van der Waals surface area contributed by atoms with Crippen LogP contribution >= 0.6 is 15.9 Å². The van der Waals surface area contributed by atoms with Crippen molar-refractivity contribution >= 4 is 33.4 Å². The van der Waals surface area contributed by atoms with Crippen molar-refractivity contribution in [3.05, 3.63) is 22.7 Å². The molecule has 5 nitrogen and oxygen atoms in total. The van der Waals surface area contributed by atoms with Crippen molar-refractivity contribution in [1.82, 2.24) is 5.32 Å². The number of carbonyl (C=O) groups is 2. The van der Waals surface area contributed by atoms with Crippen LogP contribution in [0.4, 0.5) is 5.69 Å². The molecule has 0 bridgehead atoms. The Morgan fingerprint density at radius 2 is 2.00 bits per heavy atom. The molecule has 0 aromatic heterocycles. The van der Waals surface area contributed by atoms with E-state index in [-0.39, 0.29) is 18.4 Å². The quantitative estimate of drug-likeness (QED) is 0.903. The summed E-state index contributed by atoms with van der Waals surface area (Å²) in [6.07, 6.45) is 1.11. The number of carbonyl (C=O) groups excluding carboxylic acids is 2. The van der Waals surface area contributed by atoms with Crippen LogP contribution in [0.3, 0.4) is 0 Å². The van der Waals surface area contributed by atoms with Crippen LogP contribution in [0.15, 0.2) is 22.7 Å². The molecule has 21 heavy (non-hydrogen) atoms. The average molecular weight is 355 g/mol. The molecule has 0 spiro atoms. The van der Waals surface area contributed by atoms with E-state index in [4.69, 9.17) is 4.74 Å². The van der Waals surface area contributed by atoms with Gasteiger partial charge in [0.1, 0.15) is 17.8 Å². The third-order valence-corrected chi connectivity index (χ3v) is 4.47. The molecule has 1 saturated heterocycles. The molecule has 0 atom stereocenters. The number of hydrogen-bond donors (Lipinski definition) is 1. The van der Waals surface area contributed by atoms with Gasteiger partial charge in [-0.25, -0.2) is 0 Å².